The molecule has 0 saturated heterocycles. The zero-order valence-electron chi connectivity index (χ0n) is 14.8. The molecule has 0 radical (unpaired) electrons. The van der Waals surface area contributed by atoms with Crippen LogP contribution in [-0.2, 0) is 16.0 Å². The van der Waals surface area contributed by atoms with Gasteiger partial charge in [0.1, 0.15) is 11.2 Å². The second kappa shape index (κ2) is 8.13. The largest absolute Gasteiger partial charge is 0.444 e. The molecule has 0 atom stereocenters. The monoisotopic (exact) mass is 459 g/mol. The molecule has 0 fully saturated rings. The number of hydrogen-bond acceptors (Lipinski definition) is 5. The van der Waals surface area contributed by atoms with Crippen LogP contribution in [-0.4, -0.2) is 46.2 Å². The van der Waals surface area contributed by atoms with Crippen molar-refractivity contribution in [2.45, 2.75) is 32.9 Å². The molecule has 0 aliphatic rings. The van der Waals surface area contributed by atoms with Gasteiger partial charge >= 0.3 is 6.09 Å². The van der Waals surface area contributed by atoms with Gasteiger partial charge in [0, 0.05) is 26.0 Å². The highest BCUT2D eigenvalue weighted by Crippen LogP contribution is 2.13. The first kappa shape index (κ1) is 19.6. The maximum Gasteiger partial charge on any atom is 0.410 e. The summed E-state index contributed by atoms with van der Waals surface area (Å²) in [6, 6.07) is 3.61. The Morgan fingerprint density at radius 1 is 1.36 bits per heavy atom. The third kappa shape index (κ3) is 5.40. The fourth-order valence-electron chi connectivity index (χ4n) is 2.17. The number of carbonyl (C=O) groups excluding carboxylic acids is 1. The topological polar surface area (TPSA) is 73.1 Å². The molecule has 7 nitrogen and oxygen atoms in total. The van der Waals surface area contributed by atoms with E-state index in [-0.39, 0.29) is 5.56 Å². The van der Waals surface area contributed by atoms with Crippen molar-refractivity contribution in [3.05, 3.63) is 44.0 Å². The van der Waals surface area contributed by atoms with Gasteiger partial charge in [-0.3, -0.25) is 9.20 Å². The third-order valence-corrected chi connectivity index (χ3v) is 4.05. The summed E-state index contributed by atoms with van der Waals surface area (Å²) in [5, 5.41) is 0. The van der Waals surface area contributed by atoms with Crippen LogP contribution in [0, 0.1) is 3.57 Å². The van der Waals surface area contributed by atoms with Gasteiger partial charge in [0.05, 0.1) is 16.7 Å². The number of hydrogen-bond donors (Lipinski definition) is 0. The molecule has 2 rings (SSSR count). The third-order valence-electron chi connectivity index (χ3n) is 3.31. The molecule has 1 amide bonds. The van der Waals surface area contributed by atoms with E-state index in [1.54, 1.807) is 30.5 Å². The lowest BCUT2D eigenvalue weighted by atomic mass is 10.2. The molecule has 0 aromatic carbocycles. The van der Waals surface area contributed by atoms with E-state index >= 15 is 0 Å². The van der Waals surface area contributed by atoms with E-state index < -0.39 is 11.7 Å². The lowest BCUT2D eigenvalue weighted by molar-refractivity contribution is 0.0183. The standard InChI is InChI=1S/C17H22IN3O4/c1-17(2,3)25-16(23)20(7-8-24-4)10-12-5-6-14-19-9-13(18)15(22)21(14)11-12/h5-6,9,11H,7-8,10H2,1-4H3. The normalized spacial score (nSPS) is 11.6. The smallest absolute Gasteiger partial charge is 0.410 e. The number of carbonyl (C=O) groups is 1. The van der Waals surface area contributed by atoms with Crippen LogP contribution in [0.2, 0.25) is 0 Å². The summed E-state index contributed by atoms with van der Waals surface area (Å²) in [4.78, 5) is 30.5. The molecular weight excluding hydrogens is 437 g/mol. The summed E-state index contributed by atoms with van der Waals surface area (Å²) in [7, 11) is 1.58. The fraction of sp³-hybridized carbons (Fsp3) is 0.471. The van der Waals surface area contributed by atoms with Crippen LogP contribution in [0.25, 0.3) is 5.65 Å². The summed E-state index contributed by atoms with van der Waals surface area (Å²) in [6.07, 6.45) is 2.83. The number of nitrogens with zero attached hydrogens (tertiary/aromatic N) is 3. The highest BCUT2D eigenvalue weighted by molar-refractivity contribution is 14.1. The first-order valence-corrected chi connectivity index (χ1v) is 8.92. The fourth-order valence-corrected chi connectivity index (χ4v) is 2.57. The van der Waals surface area contributed by atoms with Crippen LogP contribution in [0.4, 0.5) is 4.79 Å². The van der Waals surface area contributed by atoms with Crippen LogP contribution in [0.15, 0.2) is 29.3 Å². The number of rotatable bonds is 5. The van der Waals surface area contributed by atoms with Crippen molar-refractivity contribution in [2.24, 2.45) is 0 Å². The van der Waals surface area contributed by atoms with Gasteiger partial charge in [-0.1, -0.05) is 6.07 Å². The summed E-state index contributed by atoms with van der Waals surface area (Å²) in [5.74, 6) is 0. The Labute approximate surface area is 160 Å². The van der Waals surface area contributed by atoms with Crippen LogP contribution in [0.1, 0.15) is 26.3 Å². The molecule has 0 aliphatic heterocycles. The summed E-state index contributed by atoms with van der Waals surface area (Å²) in [6.45, 7) is 6.56. The van der Waals surface area contributed by atoms with E-state index in [0.717, 1.165) is 5.56 Å². The van der Waals surface area contributed by atoms with Crippen molar-refractivity contribution in [1.29, 1.82) is 0 Å². The highest BCUT2D eigenvalue weighted by Gasteiger charge is 2.22. The summed E-state index contributed by atoms with van der Waals surface area (Å²) >= 11 is 1.96. The Balaban J connectivity index is 2.28. The Bertz CT molecular complexity index is 814. The average Bonchev–Trinajstić information content (AvgIpc) is 2.53. The maximum absolute atomic E-state index is 12.4. The number of halogens is 1. The van der Waals surface area contributed by atoms with Crippen molar-refractivity contribution >= 4 is 34.3 Å². The predicted molar refractivity (Wildman–Crippen MR) is 103 cm³/mol. The van der Waals surface area contributed by atoms with Crippen LogP contribution < -0.4 is 5.56 Å². The molecule has 0 bridgehead atoms. The number of amides is 1. The van der Waals surface area contributed by atoms with E-state index in [0.29, 0.717) is 28.9 Å². The molecular formula is C17H22IN3O4. The second-order valence-corrected chi connectivity index (χ2v) is 7.73. The zero-order valence-corrected chi connectivity index (χ0v) is 16.9. The molecule has 25 heavy (non-hydrogen) atoms. The van der Waals surface area contributed by atoms with Gasteiger partial charge in [-0.05, 0) is 55.0 Å². The molecule has 0 spiro atoms. The van der Waals surface area contributed by atoms with Gasteiger partial charge in [-0.25, -0.2) is 9.78 Å². The summed E-state index contributed by atoms with van der Waals surface area (Å²) < 4.78 is 12.6. The van der Waals surface area contributed by atoms with E-state index in [4.69, 9.17) is 9.47 Å². The van der Waals surface area contributed by atoms with Crippen LogP contribution in [0.5, 0.6) is 0 Å². The predicted octanol–water partition coefficient (Wildman–Crippen LogP) is 2.68. The molecule has 0 N–H and O–H groups in total. The van der Waals surface area contributed by atoms with Gasteiger partial charge in [0.15, 0.2) is 0 Å². The molecule has 0 unspecified atom stereocenters. The Morgan fingerprint density at radius 2 is 2.08 bits per heavy atom. The number of fused-ring (bicyclic) bond motifs is 1. The van der Waals surface area contributed by atoms with E-state index in [9.17, 15) is 9.59 Å². The SMILES string of the molecule is COCCN(Cc1ccc2ncc(I)c(=O)n2c1)C(=O)OC(C)(C)C. The van der Waals surface area contributed by atoms with E-state index in [1.165, 1.54) is 4.40 Å². The molecule has 2 aromatic heterocycles. The zero-order chi connectivity index (χ0) is 18.6. The van der Waals surface area contributed by atoms with Gasteiger partial charge in [-0.15, -0.1) is 0 Å². The quantitative estimate of drug-likeness (QED) is 0.644. The molecule has 8 heteroatoms. The molecule has 2 aromatic rings. The van der Waals surface area contributed by atoms with Crippen molar-refractivity contribution in [3.63, 3.8) is 0 Å². The van der Waals surface area contributed by atoms with E-state index in [2.05, 4.69) is 4.98 Å². The molecule has 0 aliphatic carbocycles. The van der Waals surface area contributed by atoms with Gasteiger partial charge in [0.2, 0.25) is 0 Å². The van der Waals surface area contributed by atoms with Gasteiger partial charge in [-0.2, -0.15) is 0 Å². The average molecular weight is 459 g/mol. The second-order valence-electron chi connectivity index (χ2n) is 6.57. The Morgan fingerprint density at radius 3 is 2.72 bits per heavy atom. The van der Waals surface area contributed by atoms with Crippen molar-refractivity contribution in [1.82, 2.24) is 14.3 Å². The van der Waals surface area contributed by atoms with Crippen LogP contribution >= 0.6 is 22.6 Å². The van der Waals surface area contributed by atoms with Crippen molar-refractivity contribution < 1.29 is 14.3 Å². The minimum atomic E-state index is -0.581. The first-order valence-electron chi connectivity index (χ1n) is 7.84. The van der Waals surface area contributed by atoms with Crippen molar-refractivity contribution in [3.8, 4) is 0 Å². The number of aromatic nitrogens is 2. The molecule has 136 valence electrons. The highest BCUT2D eigenvalue weighted by atomic mass is 127. The van der Waals surface area contributed by atoms with Crippen molar-refractivity contribution in [2.75, 3.05) is 20.3 Å². The minimum absolute atomic E-state index is 0.131. The Hall–Kier alpha value is -1.68. The number of methoxy groups -OCH3 is 1. The van der Waals surface area contributed by atoms with E-state index in [1.807, 2.05) is 49.4 Å². The molecule has 2 heterocycles. The lowest BCUT2D eigenvalue weighted by Gasteiger charge is -2.27. The van der Waals surface area contributed by atoms with Crippen LogP contribution in [0.3, 0.4) is 0 Å². The molecule has 0 saturated carbocycles. The number of pyridine rings is 1. The lowest BCUT2D eigenvalue weighted by Crippen LogP contribution is -2.38. The Kier molecular flexibility index (Phi) is 6.39. The minimum Gasteiger partial charge on any atom is -0.444 e. The first-order chi connectivity index (χ1) is 11.7. The summed E-state index contributed by atoms with van der Waals surface area (Å²) in [5.41, 5.74) is 0.659. The van der Waals surface area contributed by atoms with Gasteiger partial charge < -0.3 is 14.4 Å². The van der Waals surface area contributed by atoms with Gasteiger partial charge in [0.25, 0.3) is 5.56 Å². The maximum atomic E-state index is 12.4. The number of ether oxygens (including phenoxy) is 2.